The van der Waals surface area contributed by atoms with Gasteiger partial charge in [-0.15, -0.1) is 0 Å². The van der Waals surface area contributed by atoms with E-state index in [1.807, 2.05) is 42.5 Å². The normalized spacial score (nSPS) is 13.6. The van der Waals surface area contributed by atoms with Crippen molar-refractivity contribution >= 4 is 29.2 Å². The fourth-order valence-electron chi connectivity index (χ4n) is 4.49. The number of carbonyl (C=O) groups excluding carboxylic acids is 1. The molecule has 40 heavy (non-hydrogen) atoms. The maximum Gasteiger partial charge on any atom is 0.287 e. The highest BCUT2D eigenvalue weighted by Crippen LogP contribution is 2.28. The summed E-state index contributed by atoms with van der Waals surface area (Å²) in [6.07, 6.45) is 2.39. The monoisotopic (exact) mass is 560 g/mol. The maximum absolute atomic E-state index is 14.3. The van der Waals surface area contributed by atoms with Gasteiger partial charge in [0.15, 0.2) is 10.9 Å². The minimum Gasteiger partial charge on any atom is -0.455 e. The van der Waals surface area contributed by atoms with Crippen LogP contribution in [0.5, 0.6) is 0 Å². The number of furan rings is 1. The molecular weight excluding hydrogens is 527 g/mol. The van der Waals surface area contributed by atoms with E-state index < -0.39 is 0 Å². The zero-order valence-corrected chi connectivity index (χ0v) is 23.5. The number of anilines is 2. The molecule has 1 aromatic carbocycles. The number of halogens is 1. The van der Waals surface area contributed by atoms with Gasteiger partial charge in [-0.2, -0.15) is 0 Å². The van der Waals surface area contributed by atoms with Crippen molar-refractivity contribution in [3.8, 4) is 0 Å². The summed E-state index contributed by atoms with van der Waals surface area (Å²) in [5.41, 5.74) is 2.54. The molecule has 0 bridgehead atoms. The van der Waals surface area contributed by atoms with Crippen molar-refractivity contribution in [3.63, 3.8) is 0 Å². The number of piperazine rings is 1. The average molecular weight is 561 g/mol. The van der Waals surface area contributed by atoms with E-state index >= 15 is 0 Å². The fraction of sp³-hybridized carbons (Fsp3) is 0.333. The van der Waals surface area contributed by atoms with Gasteiger partial charge in [0.2, 0.25) is 0 Å². The molecule has 3 aromatic heterocycles. The summed E-state index contributed by atoms with van der Waals surface area (Å²) < 4.78 is 20.1. The van der Waals surface area contributed by atoms with Gasteiger partial charge in [0, 0.05) is 62.8 Å². The van der Waals surface area contributed by atoms with E-state index in [1.54, 1.807) is 18.3 Å². The van der Waals surface area contributed by atoms with Crippen LogP contribution in [0.25, 0.3) is 0 Å². The molecule has 0 radical (unpaired) electrons. The molecule has 0 saturated carbocycles. The molecular formula is C30H33FN6O2S. The van der Waals surface area contributed by atoms with Crippen LogP contribution in [-0.4, -0.2) is 53.6 Å². The van der Waals surface area contributed by atoms with E-state index in [4.69, 9.17) is 14.4 Å². The first-order valence-corrected chi connectivity index (χ1v) is 14.5. The first kappa shape index (κ1) is 27.6. The Balaban J connectivity index is 1.18. The van der Waals surface area contributed by atoms with Gasteiger partial charge in [0.25, 0.3) is 5.91 Å². The van der Waals surface area contributed by atoms with Crippen molar-refractivity contribution in [3.05, 3.63) is 95.6 Å². The summed E-state index contributed by atoms with van der Waals surface area (Å²) in [6.45, 7) is 7.61. The molecule has 4 heterocycles. The molecule has 1 aliphatic heterocycles. The van der Waals surface area contributed by atoms with Crippen molar-refractivity contribution in [1.82, 2.24) is 20.3 Å². The topological polar surface area (TPSA) is 87.4 Å². The number of hydrogen-bond donors (Lipinski definition) is 1. The van der Waals surface area contributed by atoms with E-state index in [0.717, 1.165) is 30.3 Å². The zero-order valence-electron chi connectivity index (χ0n) is 22.7. The molecule has 0 aliphatic carbocycles. The van der Waals surface area contributed by atoms with Gasteiger partial charge >= 0.3 is 0 Å². The number of rotatable bonds is 10. The molecule has 4 aromatic rings. The van der Waals surface area contributed by atoms with Crippen LogP contribution in [0, 0.1) is 5.82 Å². The standard InChI is InChI=1S/C30H33FN6O2S/c1-21(2)25-19-28(37-17-15-36(16-18-37)26-9-4-3-8-24(26)31)35-30(34-25)40-20-23-10-11-27(39-23)29(38)33-14-12-22-7-5-6-13-32-22/h3-11,13,19,21H,12,14-18,20H2,1-2H3,(H,33,38). The minimum absolute atomic E-state index is 0.193. The number of carbonyl (C=O) groups is 1. The summed E-state index contributed by atoms with van der Waals surface area (Å²) in [5, 5.41) is 3.54. The molecule has 1 N–H and O–H groups in total. The third kappa shape index (κ3) is 6.98. The lowest BCUT2D eigenvalue weighted by Gasteiger charge is -2.37. The summed E-state index contributed by atoms with van der Waals surface area (Å²) in [5.74, 6) is 2.14. The van der Waals surface area contributed by atoms with E-state index in [9.17, 15) is 9.18 Å². The van der Waals surface area contributed by atoms with Crippen LogP contribution in [-0.2, 0) is 12.2 Å². The summed E-state index contributed by atoms with van der Waals surface area (Å²) in [4.78, 5) is 30.7. The average Bonchev–Trinajstić information content (AvgIpc) is 3.46. The molecule has 8 nitrogen and oxygen atoms in total. The third-order valence-corrected chi connectivity index (χ3v) is 7.59. The van der Waals surface area contributed by atoms with E-state index in [2.05, 4.69) is 33.9 Å². The second-order valence-corrected chi connectivity index (χ2v) is 10.8. The molecule has 1 aliphatic rings. The van der Waals surface area contributed by atoms with Crippen molar-refractivity contribution in [1.29, 1.82) is 0 Å². The molecule has 0 unspecified atom stereocenters. The molecule has 5 rings (SSSR count). The van der Waals surface area contributed by atoms with Crippen molar-refractivity contribution in [2.45, 2.75) is 37.1 Å². The number of benzene rings is 1. The van der Waals surface area contributed by atoms with Gasteiger partial charge in [-0.3, -0.25) is 9.78 Å². The molecule has 1 fully saturated rings. The minimum atomic E-state index is -0.248. The molecule has 0 atom stereocenters. The highest BCUT2D eigenvalue weighted by molar-refractivity contribution is 7.98. The van der Waals surface area contributed by atoms with Gasteiger partial charge in [0.1, 0.15) is 17.4 Å². The number of amides is 1. The van der Waals surface area contributed by atoms with E-state index in [0.29, 0.717) is 48.4 Å². The van der Waals surface area contributed by atoms with Gasteiger partial charge in [0.05, 0.1) is 11.4 Å². The van der Waals surface area contributed by atoms with Crippen LogP contribution >= 0.6 is 11.8 Å². The van der Waals surface area contributed by atoms with Crippen LogP contribution in [0.3, 0.4) is 0 Å². The number of para-hydroxylation sites is 1. The van der Waals surface area contributed by atoms with E-state index in [-0.39, 0.29) is 23.4 Å². The van der Waals surface area contributed by atoms with Gasteiger partial charge in [-0.1, -0.05) is 43.8 Å². The van der Waals surface area contributed by atoms with Crippen molar-refractivity contribution in [2.24, 2.45) is 0 Å². The van der Waals surface area contributed by atoms with Crippen LogP contribution in [0.4, 0.5) is 15.9 Å². The lowest BCUT2D eigenvalue weighted by atomic mass is 10.1. The molecule has 208 valence electrons. The van der Waals surface area contributed by atoms with Crippen LogP contribution in [0.2, 0.25) is 0 Å². The Morgan fingerprint density at radius 2 is 1.80 bits per heavy atom. The van der Waals surface area contributed by atoms with Gasteiger partial charge in [-0.25, -0.2) is 14.4 Å². The van der Waals surface area contributed by atoms with Gasteiger partial charge < -0.3 is 19.5 Å². The summed E-state index contributed by atoms with van der Waals surface area (Å²) >= 11 is 1.48. The molecule has 10 heteroatoms. The zero-order chi connectivity index (χ0) is 27.9. The first-order chi connectivity index (χ1) is 19.5. The van der Waals surface area contributed by atoms with Crippen molar-refractivity contribution < 1.29 is 13.6 Å². The number of nitrogens with zero attached hydrogens (tertiary/aromatic N) is 5. The second kappa shape index (κ2) is 13.0. The first-order valence-electron chi connectivity index (χ1n) is 13.5. The molecule has 1 amide bonds. The largest absolute Gasteiger partial charge is 0.455 e. The Kier molecular flexibility index (Phi) is 8.95. The number of nitrogens with one attached hydrogen (secondary N) is 1. The second-order valence-electron chi connectivity index (χ2n) is 9.90. The van der Waals surface area contributed by atoms with Crippen LogP contribution < -0.4 is 15.1 Å². The maximum atomic E-state index is 14.3. The Hall–Kier alpha value is -3.92. The smallest absolute Gasteiger partial charge is 0.287 e. The number of hydrogen-bond acceptors (Lipinski definition) is 8. The SMILES string of the molecule is CC(C)c1cc(N2CCN(c3ccccc3F)CC2)nc(SCc2ccc(C(=O)NCCc3ccccn3)o2)n1. The summed E-state index contributed by atoms with van der Waals surface area (Å²) in [6, 6.07) is 18.2. The van der Waals surface area contributed by atoms with Crippen LogP contribution in [0.15, 0.2) is 76.4 Å². The Bertz CT molecular complexity index is 1420. The van der Waals surface area contributed by atoms with Crippen LogP contribution in [0.1, 0.15) is 47.5 Å². The highest BCUT2D eigenvalue weighted by atomic mass is 32.2. The predicted octanol–water partition coefficient (Wildman–Crippen LogP) is 5.32. The number of pyridine rings is 1. The Morgan fingerprint density at radius 1 is 1.02 bits per heavy atom. The summed E-state index contributed by atoms with van der Waals surface area (Å²) in [7, 11) is 0. The predicted molar refractivity (Wildman–Crippen MR) is 155 cm³/mol. The quantitative estimate of drug-likeness (QED) is 0.206. The van der Waals surface area contributed by atoms with Crippen molar-refractivity contribution in [2.75, 3.05) is 42.5 Å². The lowest BCUT2D eigenvalue weighted by molar-refractivity contribution is 0.0925. The lowest BCUT2D eigenvalue weighted by Crippen LogP contribution is -2.47. The van der Waals surface area contributed by atoms with E-state index in [1.165, 1.54) is 17.8 Å². The molecule has 0 spiro atoms. The number of thioether (sulfide) groups is 1. The number of aromatic nitrogens is 3. The molecule has 1 saturated heterocycles. The fourth-order valence-corrected chi connectivity index (χ4v) is 5.24. The van der Waals surface area contributed by atoms with Gasteiger partial charge in [-0.05, 0) is 42.3 Å². The Morgan fingerprint density at radius 3 is 2.55 bits per heavy atom. The Labute approximate surface area is 238 Å². The third-order valence-electron chi connectivity index (χ3n) is 6.72. The highest BCUT2D eigenvalue weighted by Gasteiger charge is 2.22.